The maximum absolute atomic E-state index is 12.9. The number of likely N-dealkylation sites (N-methyl/N-ethyl adjacent to an activating group) is 1. The molecule has 0 aliphatic carbocycles. The summed E-state index contributed by atoms with van der Waals surface area (Å²) in [4.78, 5) is 46.0. The van der Waals surface area contributed by atoms with Crippen LogP contribution in [0.1, 0.15) is 33.8 Å². The quantitative estimate of drug-likeness (QED) is 0.578. The van der Waals surface area contributed by atoms with E-state index >= 15 is 0 Å². The Labute approximate surface area is 193 Å². The van der Waals surface area contributed by atoms with Gasteiger partial charge < -0.3 is 20.1 Å². The first-order chi connectivity index (χ1) is 16.0. The molecule has 0 fully saturated rings. The highest BCUT2D eigenvalue weighted by Gasteiger charge is 2.21. The van der Waals surface area contributed by atoms with Crippen molar-refractivity contribution in [2.45, 2.75) is 19.4 Å². The summed E-state index contributed by atoms with van der Waals surface area (Å²) >= 11 is 1.30. The van der Waals surface area contributed by atoms with Gasteiger partial charge in [-0.25, -0.2) is 9.97 Å². The third kappa shape index (κ3) is 5.59. The smallest absolute Gasteiger partial charge is 0.275 e. The number of nitrogens with one attached hydrogen (secondary N) is 2. The largest absolute Gasteiger partial charge is 0.475 e. The molecule has 0 aromatic carbocycles. The zero-order chi connectivity index (χ0) is 23.2. The average Bonchev–Trinajstić information content (AvgIpc) is 3.45. The zero-order valence-electron chi connectivity index (χ0n) is 17.9. The van der Waals surface area contributed by atoms with Crippen molar-refractivity contribution in [1.29, 1.82) is 0 Å². The molecule has 33 heavy (non-hydrogen) atoms. The maximum Gasteiger partial charge on any atom is 0.275 e. The summed E-state index contributed by atoms with van der Waals surface area (Å²) in [6, 6.07) is 3.53. The van der Waals surface area contributed by atoms with Gasteiger partial charge in [-0.1, -0.05) is 0 Å². The van der Waals surface area contributed by atoms with E-state index in [-0.39, 0.29) is 41.7 Å². The summed E-state index contributed by atoms with van der Waals surface area (Å²) in [5, 5.41) is 11.7. The molecule has 4 bridgehead atoms. The van der Waals surface area contributed by atoms with Crippen LogP contribution in [0.2, 0.25) is 0 Å². The van der Waals surface area contributed by atoms with Crippen molar-refractivity contribution < 1.29 is 23.9 Å². The van der Waals surface area contributed by atoms with Crippen molar-refractivity contribution >= 4 is 34.6 Å². The molecule has 0 saturated carbocycles. The van der Waals surface area contributed by atoms with E-state index in [4.69, 9.17) is 9.47 Å². The number of ketones is 1. The van der Waals surface area contributed by atoms with Crippen LogP contribution in [-0.2, 0) is 16.1 Å². The molecule has 1 aliphatic heterocycles. The van der Waals surface area contributed by atoms with E-state index < -0.39 is 5.91 Å². The molecule has 0 saturated heterocycles. The van der Waals surface area contributed by atoms with Gasteiger partial charge in [0, 0.05) is 49.5 Å². The van der Waals surface area contributed by atoms with Gasteiger partial charge in [-0.3, -0.25) is 19.1 Å². The van der Waals surface area contributed by atoms with Crippen LogP contribution in [0.3, 0.4) is 0 Å². The van der Waals surface area contributed by atoms with Gasteiger partial charge in [0.1, 0.15) is 23.9 Å². The van der Waals surface area contributed by atoms with Crippen molar-refractivity contribution in [2.75, 3.05) is 32.2 Å². The molecule has 12 heteroatoms. The zero-order valence-corrected chi connectivity index (χ0v) is 18.7. The van der Waals surface area contributed by atoms with Crippen molar-refractivity contribution in [3.05, 3.63) is 41.3 Å². The van der Waals surface area contributed by atoms with Gasteiger partial charge in [0.05, 0.1) is 12.3 Å². The lowest BCUT2D eigenvalue weighted by molar-refractivity contribution is -0.121. The van der Waals surface area contributed by atoms with Crippen LogP contribution in [0.5, 0.6) is 5.88 Å². The van der Waals surface area contributed by atoms with Crippen LogP contribution in [-0.4, -0.2) is 64.2 Å². The highest BCUT2D eigenvalue weighted by molar-refractivity contribution is 7.13. The number of anilines is 1. The van der Waals surface area contributed by atoms with E-state index in [0.29, 0.717) is 37.1 Å². The molecule has 172 valence electrons. The molecule has 3 aromatic rings. The van der Waals surface area contributed by atoms with Crippen LogP contribution in [0, 0.1) is 0 Å². The Morgan fingerprint density at radius 1 is 1.30 bits per heavy atom. The van der Waals surface area contributed by atoms with E-state index in [0.717, 1.165) is 5.56 Å². The number of amides is 2. The average molecular weight is 471 g/mol. The van der Waals surface area contributed by atoms with Gasteiger partial charge in [-0.2, -0.15) is 5.10 Å². The van der Waals surface area contributed by atoms with Crippen molar-refractivity contribution in [1.82, 2.24) is 25.1 Å². The molecular formula is C21H22N6O5S. The van der Waals surface area contributed by atoms with Gasteiger partial charge in [-0.15, -0.1) is 11.3 Å². The first kappa shape index (κ1) is 22.6. The molecule has 1 aliphatic rings. The third-order valence-corrected chi connectivity index (χ3v) is 5.64. The van der Waals surface area contributed by atoms with Crippen LogP contribution in [0.15, 0.2) is 29.9 Å². The molecule has 2 amide bonds. The fourth-order valence-corrected chi connectivity index (χ4v) is 3.90. The predicted octanol–water partition coefficient (Wildman–Crippen LogP) is 1.77. The van der Waals surface area contributed by atoms with Crippen molar-refractivity contribution in [3.63, 3.8) is 0 Å². The molecule has 2 N–H and O–H groups in total. The molecule has 0 radical (unpaired) electrons. The number of carbonyl (C=O) groups is 3. The Kier molecular flexibility index (Phi) is 7.05. The van der Waals surface area contributed by atoms with E-state index in [1.807, 2.05) is 0 Å². The predicted molar refractivity (Wildman–Crippen MR) is 119 cm³/mol. The number of ether oxygens (including phenoxy) is 2. The first-order valence-electron chi connectivity index (χ1n) is 10.3. The molecule has 0 atom stereocenters. The van der Waals surface area contributed by atoms with Crippen LogP contribution < -0.4 is 15.4 Å². The summed E-state index contributed by atoms with van der Waals surface area (Å²) in [6.45, 7) is 0.943. The minimum atomic E-state index is -0.485. The minimum absolute atomic E-state index is 0.0824. The number of thiazole rings is 1. The van der Waals surface area contributed by atoms with E-state index in [1.54, 1.807) is 23.7 Å². The number of nitrogens with zero attached hydrogens (tertiary/aromatic N) is 4. The number of Topliss-reactive ketones (excluding diaryl/α,β-unsaturated/α-hetero) is 1. The second-order valence-corrected chi connectivity index (χ2v) is 7.98. The second-order valence-electron chi connectivity index (χ2n) is 7.12. The number of hydrogen-bond acceptors (Lipinski definition) is 9. The molecular weight excluding hydrogens is 448 g/mol. The van der Waals surface area contributed by atoms with E-state index in [9.17, 15) is 14.4 Å². The summed E-state index contributed by atoms with van der Waals surface area (Å²) in [5.41, 5.74) is 1.28. The van der Waals surface area contributed by atoms with Crippen LogP contribution >= 0.6 is 11.3 Å². The SMILES string of the molecule is CNC(=O)Cn1cc2c(n1)C(=O)CCCOCCOc1cc(ccn1)-c1nc(cs1)C(=O)N2. The van der Waals surface area contributed by atoms with Crippen molar-refractivity contribution in [3.8, 4) is 16.5 Å². The summed E-state index contributed by atoms with van der Waals surface area (Å²) in [7, 11) is 1.51. The Morgan fingerprint density at radius 2 is 2.18 bits per heavy atom. The number of aromatic nitrogens is 4. The highest BCUT2D eigenvalue weighted by Crippen LogP contribution is 2.26. The molecule has 4 heterocycles. The number of rotatable bonds is 2. The minimum Gasteiger partial charge on any atom is -0.475 e. The Balaban J connectivity index is 1.64. The number of hydrogen-bond donors (Lipinski definition) is 2. The molecule has 0 spiro atoms. The molecule has 0 unspecified atom stereocenters. The fraction of sp³-hybridized carbons (Fsp3) is 0.333. The van der Waals surface area contributed by atoms with Gasteiger partial charge in [0.15, 0.2) is 11.5 Å². The first-order valence-corrected chi connectivity index (χ1v) is 11.2. The maximum atomic E-state index is 12.9. The van der Waals surface area contributed by atoms with Gasteiger partial charge in [-0.05, 0) is 12.5 Å². The highest BCUT2D eigenvalue weighted by atomic mass is 32.1. The number of fused-ring (bicyclic) bond motifs is 6. The lowest BCUT2D eigenvalue weighted by Gasteiger charge is -2.08. The molecule has 3 aromatic heterocycles. The topological polar surface area (TPSA) is 137 Å². The van der Waals surface area contributed by atoms with Gasteiger partial charge >= 0.3 is 0 Å². The lowest BCUT2D eigenvalue weighted by atomic mass is 10.1. The van der Waals surface area contributed by atoms with Gasteiger partial charge in [0.2, 0.25) is 11.8 Å². The normalized spacial score (nSPS) is 14.9. The fourth-order valence-electron chi connectivity index (χ4n) is 3.10. The van der Waals surface area contributed by atoms with E-state index in [1.165, 1.54) is 29.3 Å². The Hall–Kier alpha value is -3.64. The number of pyridine rings is 1. The Bertz CT molecular complexity index is 1170. The third-order valence-electron chi connectivity index (χ3n) is 4.75. The van der Waals surface area contributed by atoms with Gasteiger partial charge in [0.25, 0.3) is 5.91 Å². The van der Waals surface area contributed by atoms with E-state index in [2.05, 4.69) is 25.7 Å². The van der Waals surface area contributed by atoms with Crippen LogP contribution in [0.25, 0.3) is 10.6 Å². The van der Waals surface area contributed by atoms with Crippen molar-refractivity contribution in [2.24, 2.45) is 0 Å². The lowest BCUT2D eigenvalue weighted by Crippen LogP contribution is -2.23. The molecule has 11 nitrogen and oxygen atoms in total. The summed E-state index contributed by atoms with van der Waals surface area (Å²) in [5.74, 6) is -0.598. The molecule has 4 rings (SSSR count). The van der Waals surface area contributed by atoms with Crippen LogP contribution in [0.4, 0.5) is 5.69 Å². The standard InChI is InChI=1S/C21H22N6O5S/c1-22-17(29)11-27-10-14-19(26-27)16(28)3-2-6-31-7-8-32-18-9-13(4-5-23-18)21-25-15(12-33-21)20(30)24-14/h4-5,9-10,12H,2-3,6-8,11H2,1H3,(H,22,29)(H,24,30). The second kappa shape index (κ2) is 10.3. The summed E-state index contributed by atoms with van der Waals surface area (Å²) < 4.78 is 12.5. The Morgan fingerprint density at radius 3 is 3.03 bits per heavy atom. The number of carbonyl (C=O) groups excluding carboxylic acids is 3. The summed E-state index contributed by atoms with van der Waals surface area (Å²) in [6.07, 6.45) is 3.72. The monoisotopic (exact) mass is 470 g/mol.